The van der Waals surface area contributed by atoms with Gasteiger partial charge in [-0.2, -0.15) is 0 Å². The molecule has 73 heavy (non-hydrogen) atoms. The summed E-state index contributed by atoms with van der Waals surface area (Å²) >= 11 is 0. The molecule has 0 fully saturated rings. The molecule has 1 unspecified atom stereocenters. The third kappa shape index (κ3) is 59.3. The van der Waals surface area contributed by atoms with Gasteiger partial charge in [-0.15, -0.1) is 0 Å². The number of allylic oxidation sites excluding steroid dienone is 14. The molecule has 1 atom stereocenters. The fourth-order valence-electron chi connectivity index (χ4n) is 8.63. The highest BCUT2D eigenvalue weighted by molar-refractivity contribution is 5.71. The predicted octanol–water partition coefficient (Wildman–Crippen LogP) is 21.1. The molecule has 0 aliphatic heterocycles. The van der Waals surface area contributed by atoms with Gasteiger partial charge in [-0.05, 0) is 122 Å². The van der Waals surface area contributed by atoms with Gasteiger partial charge in [-0.3, -0.25) is 14.4 Å². The Morgan fingerprint density at radius 2 is 0.493 bits per heavy atom. The van der Waals surface area contributed by atoms with E-state index in [9.17, 15) is 14.4 Å². The Labute approximate surface area is 452 Å². The number of unbranched alkanes of at least 4 members (excludes halogenated alkanes) is 31. The fourth-order valence-corrected chi connectivity index (χ4v) is 8.63. The zero-order valence-corrected chi connectivity index (χ0v) is 48.1. The molecule has 0 N–H and O–H groups in total. The van der Waals surface area contributed by atoms with E-state index in [1.807, 2.05) is 0 Å². The van der Waals surface area contributed by atoms with E-state index in [1.165, 1.54) is 161 Å². The van der Waals surface area contributed by atoms with Gasteiger partial charge in [0.1, 0.15) is 13.2 Å². The van der Waals surface area contributed by atoms with E-state index < -0.39 is 6.10 Å². The van der Waals surface area contributed by atoms with Crippen LogP contribution in [0.5, 0.6) is 0 Å². The van der Waals surface area contributed by atoms with Crippen molar-refractivity contribution in [2.75, 3.05) is 13.2 Å². The molecule has 6 heteroatoms. The van der Waals surface area contributed by atoms with Crippen LogP contribution in [0, 0.1) is 0 Å². The lowest BCUT2D eigenvalue weighted by atomic mass is 10.1. The molecule has 0 amide bonds. The van der Waals surface area contributed by atoms with Crippen molar-refractivity contribution < 1.29 is 28.6 Å². The monoisotopic (exact) mass is 1020 g/mol. The van der Waals surface area contributed by atoms with E-state index in [-0.39, 0.29) is 31.1 Å². The summed E-state index contributed by atoms with van der Waals surface area (Å²) < 4.78 is 16.9. The van der Waals surface area contributed by atoms with Crippen molar-refractivity contribution in [1.82, 2.24) is 0 Å². The van der Waals surface area contributed by atoms with Gasteiger partial charge in [-0.1, -0.05) is 247 Å². The Balaban J connectivity index is 4.44. The molecular weight excluding hydrogens is 901 g/mol. The average molecular weight is 1020 g/mol. The smallest absolute Gasteiger partial charge is 0.306 e. The molecule has 0 aromatic carbocycles. The Bertz CT molecular complexity index is 1400. The van der Waals surface area contributed by atoms with Crippen molar-refractivity contribution in [2.24, 2.45) is 0 Å². The number of hydrogen-bond donors (Lipinski definition) is 0. The van der Waals surface area contributed by atoms with Crippen molar-refractivity contribution in [3.63, 3.8) is 0 Å². The summed E-state index contributed by atoms with van der Waals surface area (Å²) in [7, 11) is 0. The first-order valence-electron chi connectivity index (χ1n) is 31.1. The highest BCUT2D eigenvalue weighted by Gasteiger charge is 2.19. The molecule has 0 spiro atoms. The minimum atomic E-state index is -0.793. The van der Waals surface area contributed by atoms with E-state index in [2.05, 4.69) is 106 Å². The minimum absolute atomic E-state index is 0.0880. The molecule has 6 nitrogen and oxygen atoms in total. The van der Waals surface area contributed by atoms with Crippen LogP contribution in [-0.4, -0.2) is 37.2 Å². The summed E-state index contributed by atoms with van der Waals surface area (Å²) in [6.45, 7) is 6.58. The maximum atomic E-state index is 12.9. The first kappa shape index (κ1) is 69.6. The summed E-state index contributed by atoms with van der Waals surface area (Å²) in [6, 6.07) is 0. The van der Waals surface area contributed by atoms with E-state index >= 15 is 0 Å². The van der Waals surface area contributed by atoms with Crippen molar-refractivity contribution >= 4 is 17.9 Å². The standard InChI is InChI=1S/C67H116O6/c1-4-7-10-13-16-19-22-25-28-31-33-36-39-42-45-48-51-54-57-60-66(69)72-63-64(62-71-65(68)59-56-53-50-47-44-41-38-35-30-27-24-21-18-15-12-9-6-3)73-67(70)61-58-55-52-49-46-43-40-37-34-32-29-26-23-20-17-14-11-8-5-2/h16-17,19-20,25-30,33-34,36-37,64H,4-15,18,21-24,31-32,35,38-63H2,1-3H3/b19-16-,20-17-,28-25-,29-26-,30-27-,36-33-,37-34-. The van der Waals surface area contributed by atoms with Gasteiger partial charge in [0.25, 0.3) is 0 Å². The molecular formula is C67H116O6. The van der Waals surface area contributed by atoms with Crippen LogP contribution in [-0.2, 0) is 28.6 Å². The molecule has 0 radical (unpaired) electrons. The zero-order chi connectivity index (χ0) is 52.9. The van der Waals surface area contributed by atoms with Crippen molar-refractivity contribution in [3.05, 3.63) is 85.1 Å². The number of carbonyl (C=O) groups is 3. The summed E-state index contributed by atoms with van der Waals surface area (Å²) in [5, 5.41) is 0. The second-order valence-electron chi connectivity index (χ2n) is 20.6. The quantitative estimate of drug-likeness (QED) is 0.0261. The lowest BCUT2D eigenvalue weighted by Crippen LogP contribution is -2.30. The van der Waals surface area contributed by atoms with Gasteiger partial charge >= 0.3 is 17.9 Å². The molecule has 0 saturated heterocycles. The lowest BCUT2D eigenvalue weighted by molar-refractivity contribution is -0.167. The minimum Gasteiger partial charge on any atom is -0.462 e. The topological polar surface area (TPSA) is 78.9 Å². The van der Waals surface area contributed by atoms with E-state index in [0.29, 0.717) is 19.3 Å². The van der Waals surface area contributed by atoms with E-state index in [0.717, 1.165) is 103 Å². The fraction of sp³-hybridized carbons (Fsp3) is 0.746. The van der Waals surface area contributed by atoms with E-state index in [1.54, 1.807) is 0 Å². The van der Waals surface area contributed by atoms with Gasteiger partial charge < -0.3 is 14.2 Å². The molecule has 0 aliphatic carbocycles. The molecule has 0 aromatic heterocycles. The Kier molecular flexibility index (Phi) is 58.3. The maximum Gasteiger partial charge on any atom is 0.306 e. The Morgan fingerprint density at radius 1 is 0.274 bits per heavy atom. The summed E-state index contributed by atoms with van der Waals surface area (Å²) in [4.78, 5) is 38.3. The van der Waals surface area contributed by atoms with Crippen LogP contribution in [0.4, 0.5) is 0 Å². The second kappa shape index (κ2) is 61.1. The maximum absolute atomic E-state index is 12.9. The van der Waals surface area contributed by atoms with Crippen LogP contribution in [0.2, 0.25) is 0 Å². The average Bonchev–Trinajstić information content (AvgIpc) is 3.39. The summed E-state index contributed by atoms with van der Waals surface area (Å²) in [5.74, 6) is -0.908. The van der Waals surface area contributed by atoms with Crippen molar-refractivity contribution in [1.29, 1.82) is 0 Å². The first-order valence-corrected chi connectivity index (χ1v) is 31.1. The first-order chi connectivity index (χ1) is 36.0. The van der Waals surface area contributed by atoms with Gasteiger partial charge in [0, 0.05) is 19.3 Å². The van der Waals surface area contributed by atoms with E-state index in [4.69, 9.17) is 14.2 Å². The Morgan fingerprint density at radius 3 is 0.808 bits per heavy atom. The number of carbonyl (C=O) groups excluding carboxylic acids is 3. The van der Waals surface area contributed by atoms with Crippen molar-refractivity contribution in [2.45, 2.75) is 309 Å². The Hall–Kier alpha value is -3.41. The van der Waals surface area contributed by atoms with Crippen LogP contribution in [0.1, 0.15) is 303 Å². The third-order valence-corrected chi connectivity index (χ3v) is 13.3. The summed E-state index contributed by atoms with van der Waals surface area (Å²) in [5.41, 5.74) is 0. The zero-order valence-electron chi connectivity index (χ0n) is 48.1. The molecule has 0 bridgehead atoms. The molecule has 0 heterocycles. The number of rotatable bonds is 56. The van der Waals surface area contributed by atoms with Crippen molar-refractivity contribution in [3.8, 4) is 0 Å². The SMILES string of the molecule is CCCCC/C=C\C/C=C\C/C=C\CCCCCCCCC(=O)OCC(COC(=O)CCCCCCCCC/C=C\CCCCCCCC)OC(=O)CCCCCCCC/C=C\C/C=C\C/C=C\CCCCC. The van der Waals surface area contributed by atoms with Crippen LogP contribution in [0.25, 0.3) is 0 Å². The molecule has 0 saturated carbocycles. The van der Waals surface area contributed by atoms with Crippen LogP contribution in [0.3, 0.4) is 0 Å². The predicted molar refractivity (Wildman–Crippen MR) is 316 cm³/mol. The number of ether oxygens (including phenoxy) is 3. The van der Waals surface area contributed by atoms with Gasteiger partial charge in [0.05, 0.1) is 0 Å². The molecule has 420 valence electrons. The summed E-state index contributed by atoms with van der Waals surface area (Å²) in [6.07, 6.45) is 80.0. The molecule has 0 rings (SSSR count). The van der Waals surface area contributed by atoms with Gasteiger partial charge in [0.15, 0.2) is 6.10 Å². The van der Waals surface area contributed by atoms with Crippen LogP contribution < -0.4 is 0 Å². The lowest BCUT2D eigenvalue weighted by Gasteiger charge is -2.18. The molecule has 0 aliphatic rings. The molecule has 0 aromatic rings. The van der Waals surface area contributed by atoms with Gasteiger partial charge in [0.2, 0.25) is 0 Å². The largest absolute Gasteiger partial charge is 0.462 e. The third-order valence-electron chi connectivity index (χ3n) is 13.3. The second-order valence-corrected chi connectivity index (χ2v) is 20.6. The highest BCUT2D eigenvalue weighted by Crippen LogP contribution is 2.15. The normalized spacial score (nSPS) is 12.6. The highest BCUT2D eigenvalue weighted by atomic mass is 16.6. The number of esters is 3. The van der Waals surface area contributed by atoms with Crippen LogP contribution >= 0.6 is 0 Å². The van der Waals surface area contributed by atoms with Crippen LogP contribution in [0.15, 0.2) is 85.1 Å². The van der Waals surface area contributed by atoms with Gasteiger partial charge in [-0.25, -0.2) is 0 Å². The number of hydrogen-bond acceptors (Lipinski definition) is 6.